The fourth-order valence-corrected chi connectivity index (χ4v) is 6.61. The third-order valence-electron chi connectivity index (χ3n) is 8.11. The van der Waals surface area contributed by atoms with Gasteiger partial charge in [0.2, 0.25) is 0 Å². The monoisotopic (exact) mass is 345 g/mol. The zero-order chi connectivity index (χ0) is 17.7. The molecular weight excluding hydrogens is 312 g/mol. The molecule has 0 saturated heterocycles. The summed E-state index contributed by atoms with van der Waals surface area (Å²) in [6.45, 7) is 5.83. The first kappa shape index (κ1) is 17.3. The minimum Gasteiger partial charge on any atom is -0.394 e. The number of allylic oxidation sites excluding steroid dienone is 2. The Morgan fingerprint density at radius 2 is 1.92 bits per heavy atom. The average molecular weight is 346 g/mol. The van der Waals surface area contributed by atoms with Gasteiger partial charge in [-0.1, -0.05) is 17.7 Å². The van der Waals surface area contributed by atoms with E-state index in [0.29, 0.717) is 24.5 Å². The maximum atomic E-state index is 10.5. The summed E-state index contributed by atoms with van der Waals surface area (Å²) in [6, 6.07) is 0. The second kappa shape index (κ2) is 6.22. The number of ketones is 1. The number of nitrogens with two attached hydrogens (primary N) is 1. The van der Waals surface area contributed by atoms with Gasteiger partial charge in [-0.15, -0.1) is 0 Å². The molecule has 3 unspecified atom stereocenters. The molecule has 138 valence electrons. The highest BCUT2D eigenvalue weighted by Crippen LogP contribution is 2.64. The fourth-order valence-electron chi connectivity index (χ4n) is 6.61. The summed E-state index contributed by atoms with van der Waals surface area (Å²) in [6.07, 6.45) is 11.5. The standard InChI is InChI=1S/C21H32N2O2/c1-20-9-7-15(23-25-12-11-22)13-14(20)3-4-16-17-5-6-19(24)21(17,2)10-8-18(16)20/h13,16-18H,3-12,22H2,1-2H3/p+1/b23-15-/t16?,17?,18?,20-,21-/m0/s1. The van der Waals surface area contributed by atoms with E-state index in [1.807, 2.05) is 0 Å². The molecule has 4 rings (SSSR count). The summed E-state index contributed by atoms with van der Waals surface area (Å²) >= 11 is 0. The Morgan fingerprint density at radius 3 is 2.72 bits per heavy atom. The van der Waals surface area contributed by atoms with Gasteiger partial charge >= 0.3 is 0 Å². The van der Waals surface area contributed by atoms with Crippen molar-refractivity contribution in [2.45, 2.75) is 65.2 Å². The Labute approximate surface area is 151 Å². The predicted molar refractivity (Wildman–Crippen MR) is 101 cm³/mol. The Kier molecular flexibility index (Phi) is 4.30. The van der Waals surface area contributed by atoms with Gasteiger partial charge in [0.1, 0.15) is 6.61 Å². The molecule has 25 heavy (non-hydrogen) atoms. The summed E-state index contributed by atoms with van der Waals surface area (Å²) in [4.78, 5) is 15.8. The Hall–Kier alpha value is -1.16. The van der Waals surface area contributed by atoms with E-state index in [1.54, 1.807) is 5.57 Å². The molecule has 4 nitrogen and oxygen atoms in total. The Bertz CT molecular complexity index is 625. The number of rotatable bonds is 3. The van der Waals surface area contributed by atoms with Crippen molar-refractivity contribution in [2.75, 3.05) is 13.2 Å². The topological polar surface area (TPSA) is 69.0 Å². The van der Waals surface area contributed by atoms with Gasteiger partial charge in [-0.05, 0) is 81.1 Å². The van der Waals surface area contributed by atoms with Crippen molar-refractivity contribution in [2.24, 2.45) is 39.5 Å². The summed E-state index contributed by atoms with van der Waals surface area (Å²) in [5.74, 6) is 3.02. The van der Waals surface area contributed by atoms with Crippen molar-refractivity contribution in [3.05, 3.63) is 11.6 Å². The molecule has 0 aromatic rings. The molecule has 0 spiro atoms. The van der Waals surface area contributed by atoms with Gasteiger partial charge in [0.25, 0.3) is 5.78 Å². The van der Waals surface area contributed by atoms with Crippen molar-refractivity contribution in [1.29, 1.82) is 0 Å². The van der Waals surface area contributed by atoms with E-state index >= 15 is 0 Å². The molecule has 0 amide bonds. The highest BCUT2D eigenvalue weighted by atomic mass is 16.6. The van der Waals surface area contributed by atoms with Crippen molar-refractivity contribution >= 4 is 11.5 Å². The lowest BCUT2D eigenvalue weighted by Crippen LogP contribution is -2.50. The van der Waals surface area contributed by atoms with Crippen LogP contribution in [-0.2, 0) is 4.84 Å². The van der Waals surface area contributed by atoms with E-state index in [9.17, 15) is 4.79 Å². The molecule has 4 heteroatoms. The summed E-state index contributed by atoms with van der Waals surface area (Å²) in [7, 11) is 0. The molecule has 3 saturated carbocycles. The third-order valence-corrected chi connectivity index (χ3v) is 8.11. The number of oxime groups is 1. The largest absolute Gasteiger partial charge is 0.394 e. The quantitative estimate of drug-likeness (QED) is 0.480. The second-order valence-corrected chi connectivity index (χ2v) is 9.15. The van der Waals surface area contributed by atoms with Crippen LogP contribution in [0.1, 0.15) is 65.2 Å². The number of carbonyl (C=O) groups excluding carboxylic acids is 1. The van der Waals surface area contributed by atoms with Crippen LogP contribution in [0.3, 0.4) is 0 Å². The van der Waals surface area contributed by atoms with Crippen LogP contribution in [0.15, 0.2) is 16.8 Å². The van der Waals surface area contributed by atoms with Gasteiger partial charge in [0.15, 0.2) is 0 Å². The average Bonchev–Trinajstić information content (AvgIpc) is 2.90. The van der Waals surface area contributed by atoms with E-state index < -0.39 is 0 Å². The predicted octanol–water partition coefficient (Wildman–Crippen LogP) is 3.83. The fraction of sp³-hybridized carbons (Fsp3) is 0.810. The molecule has 3 N–H and O–H groups in total. The maximum absolute atomic E-state index is 10.5. The number of hydrogen-bond acceptors (Lipinski definition) is 3. The molecule has 3 fully saturated rings. The lowest BCUT2D eigenvalue weighted by Gasteiger charge is -2.56. The van der Waals surface area contributed by atoms with Crippen LogP contribution in [0.4, 0.5) is 0 Å². The number of fused-ring (bicyclic) bond motifs is 5. The normalized spacial score (nSPS) is 44.8. The van der Waals surface area contributed by atoms with Crippen LogP contribution in [0.25, 0.3) is 0 Å². The Balaban J connectivity index is 1.58. The molecule has 4 aliphatic carbocycles. The summed E-state index contributed by atoms with van der Waals surface area (Å²) in [5.41, 5.74) is 8.56. The zero-order valence-electron chi connectivity index (χ0n) is 15.8. The van der Waals surface area contributed by atoms with Gasteiger partial charge in [-0.3, -0.25) is 4.79 Å². The minimum atomic E-state index is 0.0933. The molecule has 0 aromatic heterocycles. The highest BCUT2D eigenvalue weighted by molar-refractivity contribution is 5.96. The van der Waals surface area contributed by atoms with Crippen LogP contribution in [0.5, 0.6) is 0 Å². The second-order valence-electron chi connectivity index (χ2n) is 9.15. The van der Waals surface area contributed by atoms with Crippen molar-refractivity contribution in [1.82, 2.24) is 0 Å². The van der Waals surface area contributed by atoms with Gasteiger partial charge in [-0.25, -0.2) is 0 Å². The first-order valence-corrected chi connectivity index (χ1v) is 10.1. The van der Waals surface area contributed by atoms with E-state index in [2.05, 4.69) is 25.1 Å². The molecular formula is C21H33N2O2+. The van der Waals surface area contributed by atoms with Crippen LogP contribution < -0.4 is 5.73 Å². The van der Waals surface area contributed by atoms with E-state index in [1.165, 1.54) is 32.1 Å². The third kappa shape index (κ3) is 2.59. The molecule has 0 aliphatic heterocycles. The number of nitrogens with zero attached hydrogens (tertiary/aromatic N) is 1. The van der Waals surface area contributed by atoms with E-state index in [4.69, 9.17) is 10.6 Å². The lowest BCUT2D eigenvalue weighted by atomic mass is 9.47. The van der Waals surface area contributed by atoms with Crippen molar-refractivity contribution in [3.8, 4) is 0 Å². The van der Waals surface area contributed by atoms with Gasteiger partial charge in [-0.2, -0.15) is 0 Å². The first-order chi connectivity index (χ1) is 12.0. The molecule has 0 heterocycles. The molecule has 0 aromatic carbocycles. The van der Waals surface area contributed by atoms with Gasteiger partial charge in [0.05, 0.1) is 17.5 Å². The van der Waals surface area contributed by atoms with Crippen molar-refractivity contribution < 1.29 is 9.63 Å². The molecule has 4 aliphatic rings. The van der Waals surface area contributed by atoms with Crippen molar-refractivity contribution in [3.63, 3.8) is 0 Å². The van der Waals surface area contributed by atoms with Gasteiger partial charge < -0.3 is 10.6 Å². The molecule has 0 bridgehead atoms. The first-order valence-electron chi connectivity index (χ1n) is 10.1. The van der Waals surface area contributed by atoms with E-state index in [-0.39, 0.29) is 5.41 Å². The van der Waals surface area contributed by atoms with Gasteiger partial charge in [0, 0.05) is 6.54 Å². The maximum Gasteiger partial charge on any atom is 0.299 e. The highest BCUT2D eigenvalue weighted by Gasteiger charge is 2.61. The molecule has 5 atom stereocenters. The van der Waals surface area contributed by atoms with Crippen LogP contribution >= 0.6 is 0 Å². The minimum absolute atomic E-state index is 0.0933. The molecule has 0 radical (unpaired) electrons. The van der Waals surface area contributed by atoms with Crippen LogP contribution in [-0.4, -0.2) is 29.4 Å². The SMILES string of the molecule is C[C@]12CC/C(=N/OCCN)C=C1CCC1C2CC[C@]2(C)C(=[OH+])CCC12. The Morgan fingerprint density at radius 1 is 1.12 bits per heavy atom. The van der Waals surface area contributed by atoms with Crippen LogP contribution in [0, 0.1) is 28.6 Å². The smallest absolute Gasteiger partial charge is 0.299 e. The summed E-state index contributed by atoms with van der Waals surface area (Å²) < 4.78 is 0. The summed E-state index contributed by atoms with van der Waals surface area (Å²) in [5, 5.41) is 4.30. The number of hydrogen-bond donors (Lipinski definition) is 1. The van der Waals surface area contributed by atoms with Crippen LogP contribution in [0.2, 0.25) is 0 Å². The lowest BCUT2D eigenvalue weighted by molar-refractivity contribution is -0.0168. The zero-order valence-corrected chi connectivity index (χ0v) is 15.8. The van der Waals surface area contributed by atoms with E-state index in [0.717, 1.165) is 42.6 Å².